The summed E-state index contributed by atoms with van der Waals surface area (Å²) in [5.74, 6) is 1.10. The summed E-state index contributed by atoms with van der Waals surface area (Å²) in [5, 5.41) is 0.646. The molecule has 0 spiro atoms. The van der Waals surface area contributed by atoms with Crippen LogP contribution in [-0.4, -0.2) is 5.78 Å². The monoisotopic (exact) mass is 264 g/mol. The molecule has 1 aromatic rings. The molecule has 0 atom stereocenters. The van der Waals surface area contributed by atoms with E-state index in [9.17, 15) is 4.79 Å². The molecule has 1 aliphatic carbocycles. The van der Waals surface area contributed by atoms with Crippen LogP contribution in [0.4, 0.5) is 0 Å². The Kier molecular flexibility index (Phi) is 5.25. The third-order valence-corrected chi connectivity index (χ3v) is 4.12. The van der Waals surface area contributed by atoms with Crippen molar-refractivity contribution in [2.24, 2.45) is 5.92 Å². The molecule has 0 saturated heterocycles. The molecule has 2 heteroatoms. The summed E-state index contributed by atoms with van der Waals surface area (Å²) in [4.78, 5) is 12.0. The molecule has 1 fully saturated rings. The van der Waals surface area contributed by atoms with E-state index in [1.807, 2.05) is 12.1 Å². The van der Waals surface area contributed by atoms with E-state index in [1.54, 1.807) is 12.1 Å². The van der Waals surface area contributed by atoms with E-state index in [1.165, 1.54) is 38.5 Å². The second kappa shape index (κ2) is 6.94. The van der Waals surface area contributed by atoms with E-state index >= 15 is 0 Å². The molecule has 0 heterocycles. The highest BCUT2D eigenvalue weighted by Crippen LogP contribution is 2.28. The highest BCUT2D eigenvalue weighted by molar-refractivity contribution is 6.31. The van der Waals surface area contributed by atoms with Gasteiger partial charge in [0, 0.05) is 17.0 Å². The maximum absolute atomic E-state index is 12.0. The normalized spacial score (nSPS) is 16.7. The lowest BCUT2D eigenvalue weighted by Crippen LogP contribution is -2.07. The van der Waals surface area contributed by atoms with Crippen molar-refractivity contribution in [3.05, 3.63) is 34.9 Å². The molecule has 0 bridgehead atoms. The molecule has 98 valence electrons. The first kappa shape index (κ1) is 13.6. The molecular weight excluding hydrogens is 244 g/mol. The molecular formula is C16H21ClO. The molecule has 18 heavy (non-hydrogen) atoms. The Hall–Kier alpha value is -0.820. The Bertz CT molecular complexity index is 394. The van der Waals surface area contributed by atoms with Gasteiger partial charge in [0.15, 0.2) is 5.78 Å². The number of halogens is 1. The van der Waals surface area contributed by atoms with Crippen molar-refractivity contribution in [2.45, 2.75) is 51.4 Å². The van der Waals surface area contributed by atoms with Gasteiger partial charge >= 0.3 is 0 Å². The fourth-order valence-corrected chi connectivity index (χ4v) is 3.02. The summed E-state index contributed by atoms with van der Waals surface area (Å²) >= 11 is 5.89. The quantitative estimate of drug-likeness (QED) is 0.662. The third kappa shape index (κ3) is 4.13. The number of carbonyl (C=O) groups excluding carboxylic acids is 1. The van der Waals surface area contributed by atoms with E-state index in [2.05, 4.69) is 0 Å². The maximum Gasteiger partial charge on any atom is 0.162 e. The van der Waals surface area contributed by atoms with Gasteiger partial charge < -0.3 is 0 Å². The van der Waals surface area contributed by atoms with Crippen LogP contribution in [0.2, 0.25) is 5.02 Å². The van der Waals surface area contributed by atoms with Crippen molar-refractivity contribution in [1.82, 2.24) is 0 Å². The van der Waals surface area contributed by atoms with Gasteiger partial charge in [0.25, 0.3) is 0 Å². The molecule has 0 radical (unpaired) electrons. The van der Waals surface area contributed by atoms with Gasteiger partial charge in [-0.05, 0) is 24.5 Å². The van der Waals surface area contributed by atoms with Crippen molar-refractivity contribution in [3.63, 3.8) is 0 Å². The molecule has 0 unspecified atom stereocenters. The van der Waals surface area contributed by atoms with E-state index in [0.717, 1.165) is 17.9 Å². The second-order valence-electron chi connectivity index (χ2n) is 5.33. The minimum atomic E-state index is 0.230. The summed E-state index contributed by atoms with van der Waals surface area (Å²) in [5.41, 5.74) is 0.756. The lowest BCUT2D eigenvalue weighted by atomic mass is 9.85. The molecule has 1 saturated carbocycles. The molecule has 2 rings (SSSR count). The standard InChI is InChI=1S/C16H21ClO/c17-15-10-5-9-14(12-15)16(18)11-4-8-13-6-2-1-3-7-13/h5,9-10,12-13H,1-4,6-8,11H2. The van der Waals surface area contributed by atoms with E-state index < -0.39 is 0 Å². The zero-order valence-corrected chi connectivity index (χ0v) is 11.6. The maximum atomic E-state index is 12.0. The van der Waals surface area contributed by atoms with Crippen molar-refractivity contribution < 1.29 is 4.79 Å². The first-order chi connectivity index (χ1) is 8.75. The third-order valence-electron chi connectivity index (χ3n) is 3.89. The number of hydrogen-bond acceptors (Lipinski definition) is 1. The Balaban J connectivity index is 1.74. The van der Waals surface area contributed by atoms with Crippen LogP contribution in [0.1, 0.15) is 61.7 Å². The number of hydrogen-bond donors (Lipinski definition) is 0. The zero-order valence-electron chi connectivity index (χ0n) is 10.8. The molecule has 0 amide bonds. The summed E-state index contributed by atoms with van der Waals surface area (Å²) in [7, 11) is 0. The van der Waals surface area contributed by atoms with E-state index in [-0.39, 0.29) is 5.78 Å². The number of ketones is 1. The van der Waals surface area contributed by atoms with Crippen LogP contribution < -0.4 is 0 Å². The fourth-order valence-electron chi connectivity index (χ4n) is 2.83. The minimum absolute atomic E-state index is 0.230. The van der Waals surface area contributed by atoms with E-state index in [0.29, 0.717) is 11.4 Å². The highest BCUT2D eigenvalue weighted by Gasteiger charge is 2.14. The molecule has 0 aromatic heterocycles. The van der Waals surface area contributed by atoms with Crippen LogP contribution in [0.3, 0.4) is 0 Å². The lowest BCUT2D eigenvalue weighted by Gasteiger charge is -2.21. The summed E-state index contributed by atoms with van der Waals surface area (Å²) in [6.07, 6.45) is 9.80. The summed E-state index contributed by atoms with van der Waals surface area (Å²) in [6, 6.07) is 7.27. The first-order valence-electron chi connectivity index (χ1n) is 7.04. The molecule has 0 N–H and O–H groups in total. The molecule has 1 aromatic carbocycles. The Labute approximate surface area is 115 Å². The fraction of sp³-hybridized carbons (Fsp3) is 0.562. The number of carbonyl (C=O) groups is 1. The molecule has 0 aliphatic heterocycles. The molecule has 1 aliphatic rings. The van der Waals surface area contributed by atoms with Crippen molar-refractivity contribution in [1.29, 1.82) is 0 Å². The summed E-state index contributed by atoms with van der Waals surface area (Å²) in [6.45, 7) is 0. The van der Waals surface area contributed by atoms with Crippen molar-refractivity contribution >= 4 is 17.4 Å². The number of rotatable bonds is 5. The predicted octanol–water partition coefficient (Wildman–Crippen LogP) is 5.27. The van der Waals surface area contributed by atoms with Crippen molar-refractivity contribution in [2.75, 3.05) is 0 Å². The van der Waals surface area contributed by atoms with Gasteiger partial charge in [-0.25, -0.2) is 0 Å². The second-order valence-corrected chi connectivity index (χ2v) is 5.77. The topological polar surface area (TPSA) is 17.1 Å². The van der Waals surface area contributed by atoms with Crippen LogP contribution in [0.5, 0.6) is 0 Å². The van der Waals surface area contributed by atoms with Crippen LogP contribution in [0.15, 0.2) is 24.3 Å². The van der Waals surface area contributed by atoms with E-state index in [4.69, 9.17) is 11.6 Å². The Morgan fingerprint density at radius 2 is 2.00 bits per heavy atom. The van der Waals surface area contributed by atoms with Gasteiger partial charge in [0.05, 0.1) is 0 Å². The van der Waals surface area contributed by atoms with Gasteiger partial charge in [-0.15, -0.1) is 0 Å². The van der Waals surface area contributed by atoms with Crippen LogP contribution in [0.25, 0.3) is 0 Å². The zero-order chi connectivity index (χ0) is 12.8. The first-order valence-corrected chi connectivity index (χ1v) is 7.42. The van der Waals surface area contributed by atoms with Crippen LogP contribution >= 0.6 is 11.6 Å². The Morgan fingerprint density at radius 3 is 2.72 bits per heavy atom. The predicted molar refractivity (Wildman–Crippen MR) is 76.2 cm³/mol. The average molecular weight is 265 g/mol. The molecule has 1 nitrogen and oxygen atoms in total. The van der Waals surface area contributed by atoms with Gasteiger partial charge in [0.2, 0.25) is 0 Å². The van der Waals surface area contributed by atoms with Gasteiger partial charge in [-0.1, -0.05) is 62.3 Å². The van der Waals surface area contributed by atoms with Crippen LogP contribution in [0, 0.1) is 5.92 Å². The average Bonchev–Trinajstić information content (AvgIpc) is 2.40. The SMILES string of the molecule is O=C(CCCC1CCCCC1)c1cccc(Cl)c1. The number of benzene rings is 1. The van der Waals surface area contributed by atoms with Gasteiger partial charge in [0.1, 0.15) is 0 Å². The minimum Gasteiger partial charge on any atom is -0.294 e. The Morgan fingerprint density at radius 1 is 1.22 bits per heavy atom. The van der Waals surface area contributed by atoms with Crippen LogP contribution in [-0.2, 0) is 0 Å². The lowest BCUT2D eigenvalue weighted by molar-refractivity contribution is 0.0976. The largest absolute Gasteiger partial charge is 0.294 e. The summed E-state index contributed by atoms with van der Waals surface area (Å²) < 4.78 is 0. The smallest absolute Gasteiger partial charge is 0.162 e. The van der Waals surface area contributed by atoms with Gasteiger partial charge in [-0.3, -0.25) is 4.79 Å². The highest BCUT2D eigenvalue weighted by atomic mass is 35.5. The van der Waals surface area contributed by atoms with Gasteiger partial charge in [-0.2, -0.15) is 0 Å². The number of Topliss-reactive ketones (excluding diaryl/α,β-unsaturated/α-hetero) is 1. The van der Waals surface area contributed by atoms with Crippen molar-refractivity contribution in [3.8, 4) is 0 Å².